The molecule has 1 atom stereocenters. The molecular formula is C15H17NO2. The van der Waals surface area contributed by atoms with E-state index < -0.39 is 6.10 Å². The van der Waals surface area contributed by atoms with E-state index in [1.54, 1.807) is 13.1 Å². The molecule has 1 aromatic heterocycles. The van der Waals surface area contributed by atoms with E-state index in [4.69, 9.17) is 4.74 Å². The molecule has 0 amide bonds. The summed E-state index contributed by atoms with van der Waals surface area (Å²) in [6, 6.07) is 11.9. The van der Waals surface area contributed by atoms with Crippen LogP contribution in [0.3, 0.4) is 0 Å². The summed E-state index contributed by atoms with van der Waals surface area (Å²) in [6.07, 6.45) is 1.15. The number of hydrogen-bond donors (Lipinski definition) is 1. The van der Waals surface area contributed by atoms with Crippen molar-refractivity contribution in [2.45, 2.75) is 26.6 Å². The maximum atomic E-state index is 9.47. The molecule has 0 saturated carbocycles. The van der Waals surface area contributed by atoms with Crippen molar-refractivity contribution in [3.05, 3.63) is 59.3 Å². The molecule has 18 heavy (non-hydrogen) atoms. The second-order valence-corrected chi connectivity index (χ2v) is 4.34. The molecule has 0 aliphatic rings. The number of benzene rings is 1. The van der Waals surface area contributed by atoms with Gasteiger partial charge in [-0.15, -0.1) is 0 Å². The van der Waals surface area contributed by atoms with Crippen molar-refractivity contribution in [3.8, 4) is 5.88 Å². The lowest BCUT2D eigenvalue weighted by atomic mass is 10.1. The molecule has 0 radical (unpaired) electrons. The van der Waals surface area contributed by atoms with Crippen LogP contribution in [0.5, 0.6) is 5.88 Å². The van der Waals surface area contributed by atoms with Gasteiger partial charge in [0.25, 0.3) is 0 Å². The summed E-state index contributed by atoms with van der Waals surface area (Å²) >= 11 is 0. The topological polar surface area (TPSA) is 42.4 Å². The van der Waals surface area contributed by atoms with E-state index in [9.17, 15) is 5.11 Å². The van der Waals surface area contributed by atoms with E-state index in [0.717, 1.165) is 16.7 Å². The van der Waals surface area contributed by atoms with Gasteiger partial charge in [-0.1, -0.05) is 30.3 Å². The predicted molar refractivity (Wildman–Crippen MR) is 70.4 cm³/mol. The molecule has 0 aliphatic heterocycles. The molecule has 1 aromatic carbocycles. The third-order valence-corrected chi connectivity index (χ3v) is 2.75. The zero-order chi connectivity index (χ0) is 13.0. The third kappa shape index (κ3) is 3.08. The standard InChI is InChI=1S/C15H17NO2/c1-11-8-14(12(2)17)9-16-15(11)18-10-13-6-4-3-5-7-13/h3-9,12,17H,10H2,1-2H3/t12-/m1/s1. The van der Waals surface area contributed by atoms with E-state index >= 15 is 0 Å². The molecule has 0 aliphatic carbocycles. The lowest BCUT2D eigenvalue weighted by Gasteiger charge is -2.10. The molecule has 0 fully saturated rings. The molecule has 0 unspecified atom stereocenters. The van der Waals surface area contributed by atoms with Crippen molar-refractivity contribution in [1.82, 2.24) is 4.98 Å². The van der Waals surface area contributed by atoms with Crippen LogP contribution in [0, 0.1) is 6.92 Å². The monoisotopic (exact) mass is 243 g/mol. The van der Waals surface area contributed by atoms with Crippen LogP contribution in [0.4, 0.5) is 0 Å². The Kier molecular flexibility index (Phi) is 3.95. The zero-order valence-corrected chi connectivity index (χ0v) is 10.6. The maximum absolute atomic E-state index is 9.47. The highest BCUT2D eigenvalue weighted by molar-refractivity contribution is 5.29. The first-order valence-corrected chi connectivity index (χ1v) is 5.98. The van der Waals surface area contributed by atoms with Gasteiger partial charge >= 0.3 is 0 Å². The van der Waals surface area contributed by atoms with Gasteiger partial charge in [0.1, 0.15) is 6.61 Å². The smallest absolute Gasteiger partial charge is 0.216 e. The lowest BCUT2D eigenvalue weighted by Crippen LogP contribution is -2.01. The van der Waals surface area contributed by atoms with Crippen molar-refractivity contribution >= 4 is 0 Å². The quantitative estimate of drug-likeness (QED) is 0.897. The van der Waals surface area contributed by atoms with E-state index in [2.05, 4.69) is 4.98 Å². The molecule has 2 aromatic rings. The van der Waals surface area contributed by atoms with Crippen LogP contribution >= 0.6 is 0 Å². The van der Waals surface area contributed by atoms with Gasteiger partial charge in [-0.2, -0.15) is 0 Å². The predicted octanol–water partition coefficient (Wildman–Crippen LogP) is 3.02. The Balaban J connectivity index is 2.06. The Labute approximate surface area is 107 Å². The molecule has 3 nitrogen and oxygen atoms in total. The molecule has 0 saturated heterocycles. The van der Waals surface area contributed by atoms with Gasteiger partial charge in [-0.3, -0.25) is 0 Å². The number of rotatable bonds is 4. The van der Waals surface area contributed by atoms with Gasteiger partial charge < -0.3 is 9.84 Å². The zero-order valence-electron chi connectivity index (χ0n) is 10.6. The fourth-order valence-corrected chi connectivity index (χ4v) is 1.69. The average molecular weight is 243 g/mol. The Hall–Kier alpha value is -1.87. The second kappa shape index (κ2) is 5.65. The van der Waals surface area contributed by atoms with Crippen LogP contribution in [-0.2, 0) is 6.61 Å². The number of aryl methyl sites for hydroxylation is 1. The first-order valence-electron chi connectivity index (χ1n) is 5.98. The van der Waals surface area contributed by atoms with E-state index in [-0.39, 0.29) is 0 Å². The van der Waals surface area contributed by atoms with Gasteiger partial charge in [-0.25, -0.2) is 4.98 Å². The third-order valence-electron chi connectivity index (χ3n) is 2.75. The minimum Gasteiger partial charge on any atom is -0.473 e. The van der Waals surface area contributed by atoms with Crippen LogP contribution in [0.2, 0.25) is 0 Å². The first kappa shape index (κ1) is 12.6. The van der Waals surface area contributed by atoms with E-state index in [1.807, 2.05) is 43.3 Å². The van der Waals surface area contributed by atoms with Gasteiger partial charge in [0.15, 0.2) is 0 Å². The molecular weight excluding hydrogens is 226 g/mol. The first-order chi connectivity index (χ1) is 8.66. The number of hydrogen-bond acceptors (Lipinski definition) is 3. The van der Waals surface area contributed by atoms with Gasteiger partial charge in [0.2, 0.25) is 5.88 Å². The summed E-state index contributed by atoms with van der Waals surface area (Å²) in [5, 5.41) is 9.47. The Morgan fingerprint density at radius 3 is 2.61 bits per heavy atom. The SMILES string of the molecule is Cc1cc([C@@H](C)O)cnc1OCc1ccccc1. The number of pyridine rings is 1. The van der Waals surface area contributed by atoms with Gasteiger partial charge in [-0.05, 0) is 31.0 Å². The van der Waals surface area contributed by atoms with Crippen molar-refractivity contribution in [2.75, 3.05) is 0 Å². The number of aromatic nitrogens is 1. The fourth-order valence-electron chi connectivity index (χ4n) is 1.69. The summed E-state index contributed by atoms with van der Waals surface area (Å²) in [5.74, 6) is 0.614. The maximum Gasteiger partial charge on any atom is 0.216 e. The van der Waals surface area contributed by atoms with Gasteiger partial charge in [0, 0.05) is 11.8 Å². The number of aliphatic hydroxyl groups excluding tert-OH is 1. The molecule has 1 N–H and O–H groups in total. The Bertz CT molecular complexity index is 509. The van der Waals surface area contributed by atoms with Crippen molar-refractivity contribution < 1.29 is 9.84 Å². The highest BCUT2D eigenvalue weighted by atomic mass is 16.5. The summed E-state index contributed by atoms with van der Waals surface area (Å²) in [6.45, 7) is 4.16. The van der Waals surface area contributed by atoms with Crippen LogP contribution in [0.25, 0.3) is 0 Å². The molecule has 1 heterocycles. The molecule has 0 spiro atoms. The summed E-state index contributed by atoms with van der Waals surface area (Å²) in [5.41, 5.74) is 2.85. The number of aliphatic hydroxyl groups is 1. The minimum absolute atomic E-state index is 0.501. The molecule has 2 rings (SSSR count). The van der Waals surface area contributed by atoms with Gasteiger partial charge in [0.05, 0.1) is 6.10 Å². The Morgan fingerprint density at radius 1 is 1.28 bits per heavy atom. The Morgan fingerprint density at radius 2 is 2.00 bits per heavy atom. The van der Waals surface area contributed by atoms with Crippen LogP contribution in [-0.4, -0.2) is 10.1 Å². The molecule has 0 bridgehead atoms. The normalized spacial score (nSPS) is 12.2. The highest BCUT2D eigenvalue weighted by Gasteiger charge is 2.06. The molecule has 94 valence electrons. The lowest BCUT2D eigenvalue weighted by molar-refractivity contribution is 0.198. The van der Waals surface area contributed by atoms with Crippen LogP contribution in [0.15, 0.2) is 42.6 Å². The minimum atomic E-state index is -0.501. The number of ether oxygens (including phenoxy) is 1. The highest BCUT2D eigenvalue weighted by Crippen LogP contribution is 2.20. The second-order valence-electron chi connectivity index (χ2n) is 4.34. The number of nitrogens with zero attached hydrogens (tertiary/aromatic N) is 1. The average Bonchev–Trinajstić information content (AvgIpc) is 2.38. The van der Waals surface area contributed by atoms with Crippen molar-refractivity contribution in [2.24, 2.45) is 0 Å². The fraction of sp³-hybridized carbons (Fsp3) is 0.267. The molecule has 3 heteroatoms. The summed E-state index contributed by atoms with van der Waals surface area (Å²) < 4.78 is 5.66. The van der Waals surface area contributed by atoms with Crippen LogP contribution < -0.4 is 4.74 Å². The van der Waals surface area contributed by atoms with Crippen molar-refractivity contribution in [3.63, 3.8) is 0 Å². The van der Waals surface area contributed by atoms with Crippen LogP contribution in [0.1, 0.15) is 29.7 Å². The van der Waals surface area contributed by atoms with E-state index in [0.29, 0.717) is 12.5 Å². The van der Waals surface area contributed by atoms with Crippen molar-refractivity contribution in [1.29, 1.82) is 0 Å². The summed E-state index contributed by atoms with van der Waals surface area (Å²) in [4.78, 5) is 4.23. The van der Waals surface area contributed by atoms with E-state index in [1.165, 1.54) is 0 Å². The summed E-state index contributed by atoms with van der Waals surface area (Å²) in [7, 11) is 0. The largest absolute Gasteiger partial charge is 0.473 e.